The topological polar surface area (TPSA) is 20.2 Å². The first-order valence-corrected chi connectivity index (χ1v) is 5.60. The van der Waals surface area contributed by atoms with Gasteiger partial charge in [-0.15, -0.1) is 0 Å². The summed E-state index contributed by atoms with van der Waals surface area (Å²) in [5, 5.41) is 9.88. The Bertz CT molecular complexity index is 486. The molecule has 1 nitrogen and oxygen atoms in total. The van der Waals surface area contributed by atoms with Crippen molar-refractivity contribution >= 4 is 0 Å². The summed E-state index contributed by atoms with van der Waals surface area (Å²) in [6.45, 7) is 4.14. The fraction of sp³-hybridized carbons (Fsp3) is 0.200. The maximum Gasteiger partial charge on any atom is 0.119 e. The second kappa shape index (κ2) is 4.40. The Morgan fingerprint density at radius 2 is 1.75 bits per heavy atom. The van der Waals surface area contributed by atoms with E-state index in [2.05, 4.69) is 32.0 Å². The largest absolute Gasteiger partial charge is 0.508 e. The minimum Gasteiger partial charge on any atom is -0.508 e. The Balaban J connectivity index is 2.55. The van der Waals surface area contributed by atoms with Crippen LogP contribution in [0.5, 0.6) is 5.75 Å². The number of aryl methyl sites for hydroxylation is 2. The van der Waals surface area contributed by atoms with E-state index >= 15 is 0 Å². The molecule has 0 aliphatic rings. The summed E-state index contributed by atoms with van der Waals surface area (Å²) in [5.41, 5.74) is 4.48. The van der Waals surface area contributed by atoms with Gasteiger partial charge in [0.15, 0.2) is 0 Å². The van der Waals surface area contributed by atoms with Crippen molar-refractivity contribution in [1.82, 2.24) is 0 Å². The Kier molecular flexibility index (Phi) is 2.95. The van der Waals surface area contributed by atoms with E-state index in [-0.39, 0.29) is 0 Å². The fourth-order valence-electron chi connectivity index (χ4n) is 1.97. The third-order valence-corrected chi connectivity index (χ3v) is 2.89. The highest BCUT2D eigenvalue weighted by molar-refractivity contribution is 5.69. The lowest BCUT2D eigenvalue weighted by Gasteiger charge is -2.10. The molecule has 1 N–H and O–H groups in total. The van der Waals surface area contributed by atoms with Crippen LogP contribution in [0.15, 0.2) is 42.5 Å². The maximum absolute atomic E-state index is 9.88. The molecule has 0 fully saturated rings. The van der Waals surface area contributed by atoms with Gasteiger partial charge in [0.1, 0.15) is 5.75 Å². The lowest BCUT2D eigenvalue weighted by atomic mass is 9.97. The maximum atomic E-state index is 9.88. The molecular formula is C15H16O. The molecule has 0 spiro atoms. The molecule has 0 unspecified atom stereocenters. The average Bonchev–Trinajstić information content (AvgIpc) is 2.32. The van der Waals surface area contributed by atoms with Crippen molar-refractivity contribution in [1.29, 1.82) is 0 Å². The molecule has 0 atom stereocenters. The van der Waals surface area contributed by atoms with Crippen LogP contribution < -0.4 is 0 Å². The van der Waals surface area contributed by atoms with Gasteiger partial charge in [0.2, 0.25) is 0 Å². The van der Waals surface area contributed by atoms with Crippen LogP contribution in [0.2, 0.25) is 0 Å². The van der Waals surface area contributed by atoms with Crippen LogP contribution in [0.1, 0.15) is 18.1 Å². The number of phenolic OH excluding ortho intramolecular Hbond substituents is 1. The smallest absolute Gasteiger partial charge is 0.119 e. The number of hydrogen-bond donors (Lipinski definition) is 1. The molecule has 0 aliphatic heterocycles. The van der Waals surface area contributed by atoms with Crippen molar-refractivity contribution in [2.75, 3.05) is 0 Å². The van der Waals surface area contributed by atoms with E-state index in [1.54, 1.807) is 0 Å². The molecule has 0 bridgehead atoms. The van der Waals surface area contributed by atoms with E-state index in [4.69, 9.17) is 0 Å². The molecule has 2 aromatic rings. The van der Waals surface area contributed by atoms with E-state index in [0.717, 1.165) is 23.1 Å². The zero-order valence-corrected chi connectivity index (χ0v) is 9.70. The second-order valence-corrected chi connectivity index (χ2v) is 4.02. The number of phenols is 1. The van der Waals surface area contributed by atoms with Crippen molar-refractivity contribution in [2.45, 2.75) is 20.3 Å². The van der Waals surface area contributed by atoms with E-state index in [9.17, 15) is 5.11 Å². The second-order valence-electron chi connectivity index (χ2n) is 4.02. The molecule has 2 rings (SSSR count). The van der Waals surface area contributed by atoms with Gasteiger partial charge in [-0.2, -0.15) is 0 Å². The van der Waals surface area contributed by atoms with Crippen molar-refractivity contribution in [3.63, 3.8) is 0 Å². The Morgan fingerprint density at radius 1 is 1.06 bits per heavy atom. The first-order chi connectivity index (χ1) is 7.72. The normalized spacial score (nSPS) is 10.4. The monoisotopic (exact) mass is 212 g/mol. The summed E-state index contributed by atoms with van der Waals surface area (Å²) >= 11 is 0. The van der Waals surface area contributed by atoms with Gasteiger partial charge in [-0.05, 0) is 41.7 Å². The Hall–Kier alpha value is -1.76. The molecule has 16 heavy (non-hydrogen) atoms. The Morgan fingerprint density at radius 3 is 2.38 bits per heavy atom. The summed E-state index contributed by atoms with van der Waals surface area (Å²) in [4.78, 5) is 0. The van der Waals surface area contributed by atoms with Crippen LogP contribution in [0, 0.1) is 6.92 Å². The highest BCUT2D eigenvalue weighted by Gasteiger charge is 2.06. The van der Waals surface area contributed by atoms with E-state index in [0.29, 0.717) is 5.75 Å². The van der Waals surface area contributed by atoms with Gasteiger partial charge in [0.25, 0.3) is 0 Å². The van der Waals surface area contributed by atoms with Crippen molar-refractivity contribution < 1.29 is 5.11 Å². The van der Waals surface area contributed by atoms with E-state index < -0.39 is 0 Å². The first kappa shape index (κ1) is 10.7. The molecule has 0 aliphatic carbocycles. The third kappa shape index (κ3) is 1.94. The lowest BCUT2D eigenvalue weighted by Crippen LogP contribution is -1.88. The number of benzene rings is 2. The van der Waals surface area contributed by atoms with Gasteiger partial charge < -0.3 is 5.11 Å². The quantitative estimate of drug-likeness (QED) is 0.799. The van der Waals surface area contributed by atoms with Crippen molar-refractivity contribution in [2.24, 2.45) is 0 Å². The predicted molar refractivity (Wildman–Crippen MR) is 67.7 cm³/mol. The highest BCUT2D eigenvalue weighted by atomic mass is 16.3. The molecule has 0 radical (unpaired) electrons. The first-order valence-electron chi connectivity index (χ1n) is 5.60. The van der Waals surface area contributed by atoms with Crippen molar-refractivity contribution in [3.05, 3.63) is 53.6 Å². The number of hydrogen-bond acceptors (Lipinski definition) is 1. The van der Waals surface area contributed by atoms with Crippen molar-refractivity contribution in [3.8, 4) is 16.9 Å². The standard InChI is InChI=1S/C15H16O/c1-3-12-9-11(2)14(10-15(12)16)13-7-5-4-6-8-13/h4-10,16H,3H2,1-2H3. The minimum atomic E-state index is 0.395. The summed E-state index contributed by atoms with van der Waals surface area (Å²) < 4.78 is 0. The number of aromatic hydroxyl groups is 1. The van der Waals surface area contributed by atoms with Gasteiger partial charge in [0.05, 0.1) is 0 Å². The predicted octanol–water partition coefficient (Wildman–Crippen LogP) is 3.93. The van der Waals surface area contributed by atoms with Crippen LogP contribution >= 0.6 is 0 Å². The summed E-state index contributed by atoms with van der Waals surface area (Å²) in [6.07, 6.45) is 0.863. The van der Waals surface area contributed by atoms with Crippen LogP contribution in [-0.2, 0) is 6.42 Å². The fourth-order valence-corrected chi connectivity index (χ4v) is 1.97. The summed E-state index contributed by atoms with van der Waals surface area (Å²) in [6, 6.07) is 14.1. The average molecular weight is 212 g/mol. The summed E-state index contributed by atoms with van der Waals surface area (Å²) in [7, 11) is 0. The van der Waals surface area contributed by atoms with Crippen LogP contribution in [-0.4, -0.2) is 5.11 Å². The molecule has 0 saturated heterocycles. The molecule has 0 saturated carbocycles. The number of rotatable bonds is 2. The summed E-state index contributed by atoms with van der Waals surface area (Å²) in [5.74, 6) is 0.395. The van der Waals surface area contributed by atoms with Gasteiger partial charge in [-0.1, -0.05) is 43.3 Å². The van der Waals surface area contributed by atoms with Gasteiger partial charge in [-0.25, -0.2) is 0 Å². The van der Waals surface area contributed by atoms with Gasteiger partial charge in [0, 0.05) is 0 Å². The van der Waals surface area contributed by atoms with Crippen LogP contribution in [0.25, 0.3) is 11.1 Å². The molecule has 1 heteroatoms. The van der Waals surface area contributed by atoms with Gasteiger partial charge >= 0.3 is 0 Å². The molecule has 82 valence electrons. The molecule has 2 aromatic carbocycles. The zero-order chi connectivity index (χ0) is 11.5. The molecular weight excluding hydrogens is 196 g/mol. The van der Waals surface area contributed by atoms with Crippen LogP contribution in [0.4, 0.5) is 0 Å². The van der Waals surface area contributed by atoms with E-state index in [1.165, 1.54) is 5.56 Å². The zero-order valence-electron chi connectivity index (χ0n) is 9.70. The molecule has 0 amide bonds. The SMILES string of the molecule is CCc1cc(C)c(-c2ccccc2)cc1O. The minimum absolute atomic E-state index is 0.395. The molecule has 0 aromatic heterocycles. The molecule has 0 heterocycles. The lowest BCUT2D eigenvalue weighted by molar-refractivity contribution is 0.469. The third-order valence-electron chi connectivity index (χ3n) is 2.89. The Labute approximate surface area is 96.4 Å². The highest BCUT2D eigenvalue weighted by Crippen LogP contribution is 2.30. The van der Waals surface area contributed by atoms with E-state index in [1.807, 2.05) is 24.3 Å². The van der Waals surface area contributed by atoms with Crippen LogP contribution in [0.3, 0.4) is 0 Å². The van der Waals surface area contributed by atoms with Gasteiger partial charge in [-0.3, -0.25) is 0 Å².